The van der Waals surface area contributed by atoms with E-state index >= 15 is 0 Å². The van der Waals surface area contributed by atoms with E-state index in [-0.39, 0.29) is 17.4 Å². The van der Waals surface area contributed by atoms with Gasteiger partial charge in [0.25, 0.3) is 0 Å². The van der Waals surface area contributed by atoms with Gasteiger partial charge in [0.05, 0.1) is 0 Å². The van der Waals surface area contributed by atoms with Crippen LogP contribution in [0, 0.1) is 11.3 Å². The normalized spacial score (nSPS) is 31.4. The summed E-state index contributed by atoms with van der Waals surface area (Å²) in [6, 6.07) is 8.79. The second kappa shape index (κ2) is 5.36. The number of Topliss-reactive ketones (excluding diaryl/α,β-unsaturated/α-hetero) is 1. The van der Waals surface area contributed by atoms with E-state index in [9.17, 15) is 4.79 Å². The van der Waals surface area contributed by atoms with E-state index in [0.29, 0.717) is 18.2 Å². The van der Waals surface area contributed by atoms with Crippen LogP contribution in [0.5, 0.6) is 0 Å². The van der Waals surface area contributed by atoms with Crippen molar-refractivity contribution in [3.8, 4) is 0 Å². The Balaban J connectivity index is 2.08. The van der Waals surface area contributed by atoms with E-state index in [1.165, 1.54) is 5.56 Å². The van der Waals surface area contributed by atoms with E-state index in [1.807, 2.05) is 12.1 Å². The molecule has 3 fully saturated rings. The SMILES string of the molecule is C=CCN1[C@H](c2ccccc2Br)[C@@H]2CC(C)(C)[C@H]1CC2=O. The van der Waals surface area contributed by atoms with Gasteiger partial charge < -0.3 is 0 Å². The Morgan fingerprint density at radius 3 is 2.81 bits per heavy atom. The molecule has 0 amide bonds. The maximum Gasteiger partial charge on any atom is 0.139 e. The summed E-state index contributed by atoms with van der Waals surface area (Å²) in [6.45, 7) is 9.34. The summed E-state index contributed by atoms with van der Waals surface area (Å²) in [6.07, 6.45) is 3.63. The second-order valence-electron chi connectivity index (χ2n) is 6.94. The van der Waals surface area contributed by atoms with Gasteiger partial charge in [0, 0.05) is 35.4 Å². The first-order chi connectivity index (χ1) is 9.95. The minimum Gasteiger partial charge on any atom is -0.299 e. The third-order valence-electron chi connectivity index (χ3n) is 5.16. The third kappa shape index (κ3) is 2.40. The van der Waals surface area contributed by atoms with E-state index in [0.717, 1.165) is 17.4 Å². The number of benzene rings is 1. The molecule has 1 saturated carbocycles. The summed E-state index contributed by atoms with van der Waals surface area (Å²) in [7, 11) is 0. The largest absolute Gasteiger partial charge is 0.299 e. The van der Waals surface area contributed by atoms with Crippen LogP contribution in [0.15, 0.2) is 41.4 Å². The number of nitrogens with zero attached hydrogens (tertiary/aromatic N) is 1. The molecule has 0 N–H and O–H groups in total. The molecule has 0 unspecified atom stereocenters. The first-order valence-corrected chi connectivity index (χ1v) is 8.39. The lowest BCUT2D eigenvalue weighted by Gasteiger charge is -2.58. The van der Waals surface area contributed by atoms with Crippen molar-refractivity contribution in [2.45, 2.75) is 38.8 Å². The maximum atomic E-state index is 12.5. The van der Waals surface area contributed by atoms with Gasteiger partial charge in [-0.2, -0.15) is 0 Å². The molecule has 2 aliphatic heterocycles. The number of piperidine rings is 2. The monoisotopic (exact) mass is 347 g/mol. The molecule has 0 radical (unpaired) electrons. The Bertz CT molecular complexity index is 580. The number of halogens is 1. The van der Waals surface area contributed by atoms with Crippen molar-refractivity contribution >= 4 is 21.7 Å². The molecule has 2 saturated heterocycles. The van der Waals surface area contributed by atoms with Crippen molar-refractivity contribution in [2.75, 3.05) is 6.54 Å². The molecular formula is C18H22BrNO. The van der Waals surface area contributed by atoms with E-state index in [2.05, 4.69) is 59.5 Å². The lowest BCUT2D eigenvalue weighted by Crippen LogP contribution is -2.61. The Morgan fingerprint density at radius 1 is 1.43 bits per heavy atom. The molecule has 3 aliphatic rings. The predicted molar refractivity (Wildman–Crippen MR) is 89.1 cm³/mol. The second-order valence-corrected chi connectivity index (χ2v) is 7.79. The molecule has 1 aromatic carbocycles. The van der Waals surface area contributed by atoms with Crippen molar-refractivity contribution in [1.29, 1.82) is 0 Å². The summed E-state index contributed by atoms with van der Waals surface area (Å²) in [4.78, 5) is 15.0. The molecule has 2 bridgehead atoms. The molecule has 112 valence electrons. The highest BCUT2D eigenvalue weighted by Gasteiger charge is 2.54. The smallest absolute Gasteiger partial charge is 0.139 e. The molecule has 1 aliphatic carbocycles. The van der Waals surface area contributed by atoms with Crippen molar-refractivity contribution in [1.82, 2.24) is 4.90 Å². The quantitative estimate of drug-likeness (QED) is 0.757. The molecule has 21 heavy (non-hydrogen) atoms. The summed E-state index contributed by atoms with van der Waals surface area (Å²) in [5, 5.41) is 0. The average Bonchev–Trinajstić information content (AvgIpc) is 2.42. The first-order valence-electron chi connectivity index (χ1n) is 7.59. The molecule has 0 aromatic heterocycles. The molecule has 4 rings (SSSR count). The zero-order valence-electron chi connectivity index (χ0n) is 12.7. The molecule has 0 spiro atoms. The van der Waals surface area contributed by atoms with Crippen molar-refractivity contribution in [3.63, 3.8) is 0 Å². The lowest BCUT2D eigenvalue weighted by molar-refractivity contribution is -0.149. The van der Waals surface area contributed by atoms with Crippen LogP contribution in [-0.2, 0) is 4.79 Å². The first kappa shape index (κ1) is 15.0. The van der Waals surface area contributed by atoms with Gasteiger partial charge in [-0.3, -0.25) is 9.69 Å². The van der Waals surface area contributed by atoms with E-state index < -0.39 is 0 Å². The van der Waals surface area contributed by atoms with E-state index in [4.69, 9.17) is 0 Å². The molecule has 3 atom stereocenters. The summed E-state index contributed by atoms with van der Waals surface area (Å²) in [5.41, 5.74) is 1.43. The Hall–Kier alpha value is -0.930. The summed E-state index contributed by atoms with van der Waals surface area (Å²) < 4.78 is 1.10. The fourth-order valence-electron chi connectivity index (χ4n) is 4.21. The zero-order chi connectivity index (χ0) is 15.2. The number of carbonyl (C=O) groups excluding carboxylic acids is 1. The standard InChI is InChI=1S/C18H22BrNO/c1-4-9-20-16-10-15(21)13(11-18(16,2)3)17(20)12-7-5-6-8-14(12)19/h4-8,13,16-17H,1,9-11H2,2-3H3/t13-,16-,17-/m1/s1. The molecule has 2 heterocycles. The van der Waals surface area contributed by atoms with Gasteiger partial charge in [0.1, 0.15) is 5.78 Å². The molecule has 3 heteroatoms. The lowest BCUT2D eigenvalue weighted by atomic mass is 9.60. The Kier molecular flexibility index (Phi) is 3.83. The van der Waals surface area contributed by atoms with Crippen LogP contribution >= 0.6 is 15.9 Å². The molecule has 2 nitrogen and oxygen atoms in total. The van der Waals surface area contributed by atoms with Crippen molar-refractivity contribution < 1.29 is 4.79 Å². The van der Waals surface area contributed by atoms with Crippen LogP contribution in [0.3, 0.4) is 0 Å². The fourth-order valence-corrected chi connectivity index (χ4v) is 4.73. The van der Waals surface area contributed by atoms with Crippen LogP contribution < -0.4 is 0 Å². The van der Waals surface area contributed by atoms with Gasteiger partial charge in [0.15, 0.2) is 0 Å². The van der Waals surface area contributed by atoms with Crippen molar-refractivity contribution in [3.05, 3.63) is 47.0 Å². The highest BCUT2D eigenvalue weighted by Crippen LogP contribution is 2.54. The van der Waals surface area contributed by atoms with Crippen LogP contribution in [0.1, 0.15) is 38.3 Å². The van der Waals surface area contributed by atoms with Crippen molar-refractivity contribution in [2.24, 2.45) is 11.3 Å². The van der Waals surface area contributed by atoms with Crippen LogP contribution in [0.25, 0.3) is 0 Å². The van der Waals surface area contributed by atoms with Gasteiger partial charge in [0.2, 0.25) is 0 Å². The van der Waals surface area contributed by atoms with Crippen LogP contribution in [0.4, 0.5) is 0 Å². The Labute approximate surface area is 135 Å². The number of ketones is 1. The molecular weight excluding hydrogens is 326 g/mol. The Morgan fingerprint density at radius 2 is 2.14 bits per heavy atom. The van der Waals surface area contributed by atoms with Gasteiger partial charge in [-0.1, -0.05) is 54.1 Å². The predicted octanol–water partition coefficient (Wildman–Crippen LogP) is 4.37. The van der Waals surface area contributed by atoms with Gasteiger partial charge >= 0.3 is 0 Å². The minimum atomic E-state index is 0.101. The van der Waals surface area contributed by atoms with E-state index in [1.54, 1.807) is 0 Å². The topological polar surface area (TPSA) is 20.3 Å². The van der Waals surface area contributed by atoms with Gasteiger partial charge in [-0.15, -0.1) is 6.58 Å². The van der Waals surface area contributed by atoms with Crippen LogP contribution in [0.2, 0.25) is 0 Å². The number of hydrogen-bond donors (Lipinski definition) is 0. The third-order valence-corrected chi connectivity index (χ3v) is 5.88. The van der Waals surface area contributed by atoms with Gasteiger partial charge in [-0.25, -0.2) is 0 Å². The number of carbonyl (C=O) groups is 1. The molecule has 1 aromatic rings. The maximum absolute atomic E-state index is 12.5. The summed E-state index contributed by atoms with van der Waals surface area (Å²) in [5.74, 6) is 0.532. The highest BCUT2D eigenvalue weighted by molar-refractivity contribution is 9.10. The number of hydrogen-bond acceptors (Lipinski definition) is 2. The summed E-state index contributed by atoms with van der Waals surface area (Å²) >= 11 is 3.67. The average molecular weight is 348 g/mol. The number of fused-ring (bicyclic) bond motifs is 3. The minimum absolute atomic E-state index is 0.101. The van der Waals surface area contributed by atoms with Gasteiger partial charge in [-0.05, 0) is 23.5 Å². The number of rotatable bonds is 3. The highest BCUT2D eigenvalue weighted by atomic mass is 79.9. The fraction of sp³-hybridized carbons (Fsp3) is 0.500. The van der Waals surface area contributed by atoms with Crippen LogP contribution in [-0.4, -0.2) is 23.3 Å². The zero-order valence-corrected chi connectivity index (χ0v) is 14.3.